The lowest BCUT2D eigenvalue weighted by molar-refractivity contribution is -0.112. The Morgan fingerprint density at radius 2 is 1.74 bits per heavy atom. The minimum atomic E-state index is -0.686. The molecule has 0 bridgehead atoms. The van der Waals surface area contributed by atoms with Crippen LogP contribution in [0.1, 0.15) is 27.0 Å². The molecule has 6 nitrogen and oxygen atoms in total. The lowest BCUT2D eigenvalue weighted by Gasteiger charge is -2.11. The lowest BCUT2D eigenvalue weighted by Crippen LogP contribution is -2.13. The summed E-state index contributed by atoms with van der Waals surface area (Å²) in [6, 6.07) is 16.5. The molecule has 0 fully saturated rings. The highest BCUT2D eigenvalue weighted by Gasteiger charge is 2.17. The summed E-state index contributed by atoms with van der Waals surface area (Å²) in [5.74, 6) is -0.848. The Labute approximate surface area is 207 Å². The quantitative estimate of drug-likeness (QED) is 0.186. The summed E-state index contributed by atoms with van der Waals surface area (Å²) in [5.41, 5.74) is 3.27. The summed E-state index contributed by atoms with van der Waals surface area (Å²) in [6.45, 7) is 3.91. The number of hydrogen-bond acceptors (Lipinski definition) is 5. The van der Waals surface area contributed by atoms with Gasteiger partial charge in [-0.15, -0.1) is 0 Å². The molecule has 8 heteroatoms. The van der Waals surface area contributed by atoms with Gasteiger partial charge in [-0.2, -0.15) is 5.26 Å². The average Bonchev–Trinajstić information content (AvgIpc) is 2.80. The van der Waals surface area contributed by atoms with E-state index in [9.17, 15) is 14.9 Å². The van der Waals surface area contributed by atoms with E-state index < -0.39 is 11.9 Å². The first-order valence-corrected chi connectivity index (χ1v) is 10.8. The maximum Gasteiger partial charge on any atom is 0.345 e. The molecular formula is C26H20Cl2N2O4. The Morgan fingerprint density at radius 3 is 2.38 bits per heavy atom. The fraction of sp³-hybridized carbons (Fsp3) is 0.115. The van der Waals surface area contributed by atoms with Crippen LogP contribution < -0.4 is 14.8 Å². The van der Waals surface area contributed by atoms with Crippen molar-refractivity contribution in [2.45, 2.75) is 13.8 Å². The molecule has 0 unspecified atom stereocenters. The van der Waals surface area contributed by atoms with Crippen molar-refractivity contribution in [3.8, 4) is 17.6 Å². The Hall–Kier alpha value is -3.79. The van der Waals surface area contributed by atoms with Crippen molar-refractivity contribution in [1.29, 1.82) is 5.26 Å². The number of aryl methyl sites for hydroxylation is 2. The topological polar surface area (TPSA) is 88.4 Å². The molecule has 0 aliphatic rings. The number of benzene rings is 3. The van der Waals surface area contributed by atoms with Gasteiger partial charge in [-0.3, -0.25) is 4.79 Å². The average molecular weight is 495 g/mol. The van der Waals surface area contributed by atoms with Crippen molar-refractivity contribution in [3.05, 3.63) is 92.5 Å². The fourth-order valence-corrected chi connectivity index (χ4v) is 3.49. The molecule has 3 aromatic carbocycles. The zero-order valence-corrected chi connectivity index (χ0v) is 20.1. The van der Waals surface area contributed by atoms with Gasteiger partial charge in [0.15, 0.2) is 11.5 Å². The van der Waals surface area contributed by atoms with Crippen molar-refractivity contribution < 1.29 is 19.1 Å². The van der Waals surface area contributed by atoms with Gasteiger partial charge in [0, 0.05) is 10.7 Å². The zero-order chi connectivity index (χ0) is 24.8. The number of nitrogens with one attached hydrogen (secondary N) is 1. The predicted molar refractivity (Wildman–Crippen MR) is 133 cm³/mol. The molecule has 172 valence electrons. The maximum atomic E-state index is 12.6. The first-order valence-electron chi connectivity index (χ1n) is 10.1. The van der Waals surface area contributed by atoms with E-state index in [2.05, 4.69) is 5.32 Å². The Kier molecular flexibility index (Phi) is 7.95. The van der Waals surface area contributed by atoms with E-state index >= 15 is 0 Å². The van der Waals surface area contributed by atoms with Crippen LogP contribution in [0.3, 0.4) is 0 Å². The highest BCUT2D eigenvalue weighted by molar-refractivity contribution is 6.36. The molecule has 1 N–H and O–H groups in total. The number of amides is 1. The number of nitriles is 1. The van der Waals surface area contributed by atoms with E-state index in [0.717, 1.165) is 11.1 Å². The van der Waals surface area contributed by atoms with Crippen LogP contribution >= 0.6 is 23.2 Å². The van der Waals surface area contributed by atoms with Crippen LogP contribution in [0, 0.1) is 25.2 Å². The number of carbonyl (C=O) groups excluding carboxylic acids is 2. The zero-order valence-electron chi connectivity index (χ0n) is 18.6. The minimum absolute atomic E-state index is 0.0991. The molecular weight excluding hydrogens is 475 g/mol. The lowest BCUT2D eigenvalue weighted by atomic mass is 10.1. The summed E-state index contributed by atoms with van der Waals surface area (Å²) in [6.07, 6.45) is 1.42. The monoisotopic (exact) mass is 494 g/mol. The van der Waals surface area contributed by atoms with Crippen molar-refractivity contribution >= 4 is 46.8 Å². The molecule has 0 aliphatic heterocycles. The SMILES string of the molecule is COc1cc(/C=C(\C#N)C(=O)Nc2ccc(C)c(C)c2)ccc1OC(=O)c1ccc(Cl)cc1Cl. The second kappa shape index (κ2) is 10.9. The van der Waals surface area contributed by atoms with Gasteiger partial charge < -0.3 is 14.8 Å². The largest absolute Gasteiger partial charge is 0.493 e. The first-order chi connectivity index (χ1) is 16.2. The molecule has 3 aromatic rings. The summed E-state index contributed by atoms with van der Waals surface area (Å²) in [4.78, 5) is 25.1. The number of carbonyl (C=O) groups is 2. The Balaban J connectivity index is 1.81. The fourth-order valence-electron chi connectivity index (χ4n) is 3.00. The number of anilines is 1. The highest BCUT2D eigenvalue weighted by atomic mass is 35.5. The molecule has 0 aliphatic carbocycles. The van der Waals surface area contributed by atoms with Crippen molar-refractivity contribution in [3.63, 3.8) is 0 Å². The number of hydrogen-bond donors (Lipinski definition) is 1. The van der Waals surface area contributed by atoms with Gasteiger partial charge in [-0.1, -0.05) is 35.3 Å². The molecule has 0 radical (unpaired) electrons. The third-order valence-electron chi connectivity index (χ3n) is 4.98. The van der Waals surface area contributed by atoms with E-state index in [4.69, 9.17) is 32.7 Å². The number of halogens is 2. The summed E-state index contributed by atoms with van der Waals surface area (Å²) in [5, 5.41) is 12.8. The highest BCUT2D eigenvalue weighted by Crippen LogP contribution is 2.31. The van der Waals surface area contributed by atoms with Gasteiger partial charge >= 0.3 is 5.97 Å². The van der Waals surface area contributed by atoms with Gasteiger partial charge in [0.05, 0.1) is 17.7 Å². The number of ether oxygens (including phenoxy) is 2. The van der Waals surface area contributed by atoms with Crippen molar-refractivity contribution in [1.82, 2.24) is 0 Å². The Bertz CT molecular complexity index is 1340. The van der Waals surface area contributed by atoms with E-state index in [1.807, 2.05) is 32.0 Å². The van der Waals surface area contributed by atoms with E-state index in [-0.39, 0.29) is 27.7 Å². The molecule has 0 heterocycles. The maximum absolute atomic E-state index is 12.6. The molecule has 1 amide bonds. The standard InChI is InChI=1S/C26H20Cl2N2O4/c1-15-4-7-20(10-16(15)2)30-25(31)18(14-29)11-17-5-9-23(24(12-17)33-3)34-26(32)21-8-6-19(27)13-22(21)28/h4-13H,1-3H3,(H,30,31)/b18-11+. The third-order valence-corrected chi connectivity index (χ3v) is 5.53. The van der Waals surface area contributed by atoms with Gasteiger partial charge in [0.2, 0.25) is 0 Å². The second-order valence-electron chi connectivity index (χ2n) is 7.35. The summed E-state index contributed by atoms with van der Waals surface area (Å²) in [7, 11) is 1.41. The van der Waals surface area contributed by atoms with E-state index in [1.165, 1.54) is 37.5 Å². The van der Waals surface area contributed by atoms with Gasteiger partial charge in [-0.25, -0.2) is 4.79 Å². The number of nitrogens with zero attached hydrogens (tertiary/aromatic N) is 1. The van der Waals surface area contributed by atoms with Crippen LogP contribution in [0.5, 0.6) is 11.5 Å². The molecule has 34 heavy (non-hydrogen) atoms. The van der Waals surface area contributed by atoms with E-state index in [0.29, 0.717) is 16.3 Å². The summed E-state index contributed by atoms with van der Waals surface area (Å²) < 4.78 is 10.7. The van der Waals surface area contributed by atoms with Crippen LogP contribution in [-0.2, 0) is 4.79 Å². The van der Waals surface area contributed by atoms with Crippen LogP contribution in [0.25, 0.3) is 6.08 Å². The van der Waals surface area contributed by atoms with Crippen molar-refractivity contribution in [2.24, 2.45) is 0 Å². The second-order valence-corrected chi connectivity index (χ2v) is 8.19. The molecule has 0 aromatic heterocycles. The Morgan fingerprint density at radius 1 is 0.971 bits per heavy atom. The molecule has 0 spiro atoms. The third kappa shape index (κ3) is 5.96. The van der Waals surface area contributed by atoms with E-state index in [1.54, 1.807) is 18.2 Å². The minimum Gasteiger partial charge on any atom is -0.493 e. The first kappa shape index (κ1) is 24.8. The predicted octanol–water partition coefficient (Wildman–Crippen LogP) is 6.38. The van der Waals surface area contributed by atoms with Crippen LogP contribution in [-0.4, -0.2) is 19.0 Å². The van der Waals surface area contributed by atoms with Crippen LogP contribution in [0.4, 0.5) is 5.69 Å². The number of methoxy groups -OCH3 is 1. The van der Waals surface area contributed by atoms with Crippen LogP contribution in [0.15, 0.2) is 60.2 Å². The number of rotatable bonds is 6. The molecule has 0 atom stereocenters. The van der Waals surface area contributed by atoms with Gasteiger partial charge in [0.1, 0.15) is 11.6 Å². The molecule has 0 saturated heterocycles. The van der Waals surface area contributed by atoms with Gasteiger partial charge in [-0.05, 0) is 79.1 Å². The smallest absolute Gasteiger partial charge is 0.345 e. The molecule has 0 saturated carbocycles. The molecule has 3 rings (SSSR count). The normalized spacial score (nSPS) is 10.9. The van der Waals surface area contributed by atoms with Gasteiger partial charge in [0.25, 0.3) is 5.91 Å². The van der Waals surface area contributed by atoms with Crippen LogP contribution in [0.2, 0.25) is 10.0 Å². The number of esters is 1. The summed E-state index contributed by atoms with van der Waals surface area (Å²) >= 11 is 11.9. The van der Waals surface area contributed by atoms with Crippen molar-refractivity contribution in [2.75, 3.05) is 12.4 Å².